The van der Waals surface area contributed by atoms with Gasteiger partial charge in [0, 0.05) is 0 Å². The maximum atomic E-state index is 11.8. The Labute approximate surface area is 111 Å². The summed E-state index contributed by atoms with van der Waals surface area (Å²) in [5, 5.41) is 9.09. The van der Waals surface area contributed by atoms with Gasteiger partial charge in [-0.15, -0.1) is 0 Å². The van der Waals surface area contributed by atoms with E-state index in [2.05, 4.69) is 10.3 Å². The fourth-order valence-corrected chi connectivity index (χ4v) is 1.92. The highest BCUT2D eigenvalue weighted by molar-refractivity contribution is 5.85. The Morgan fingerprint density at radius 2 is 2.00 bits per heavy atom. The van der Waals surface area contributed by atoms with Crippen molar-refractivity contribution in [2.24, 2.45) is 16.2 Å². The summed E-state index contributed by atoms with van der Waals surface area (Å²) < 4.78 is 4.97. The number of nitrogens with two attached hydrogens (primary N) is 1. The van der Waals surface area contributed by atoms with Crippen LogP contribution >= 0.6 is 0 Å². The Hall–Kier alpha value is -2.43. The normalized spacial score (nSPS) is 12.7. The highest BCUT2D eigenvalue weighted by Gasteiger charge is 2.21. The van der Waals surface area contributed by atoms with E-state index in [0.29, 0.717) is 12.2 Å². The summed E-state index contributed by atoms with van der Waals surface area (Å²) >= 11 is 0. The standard InChI is InChI=1S/C14H15N3O2/c1-2-19-14(18)13(16-17-15)12-8-7-10-5-3-4-6-11(10)9-12/h3-9,13H,2H2,1H3,(H2,15,16). The van der Waals surface area contributed by atoms with Crippen molar-refractivity contribution in [3.63, 3.8) is 0 Å². The fourth-order valence-electron chi connectivity index (χ4n) is 1.92. The number of hydrogen-bond acceptors (Lipinski definition) is 4. The molecule has 0 amide bonds. The molecule has 0 aliphatic rings. The first-order chi connectivity index (χ1) is 9.26. The number of rotatable bonds is 4. The Kier molecular flexibility index (Phi) is 4.07. The molecule has 5 nitrogen and oxygen atoms in total. The van der Waals surface area contributed by atoms with E-state index in [0.717, 1.165) is 10.8 Å². The molecule has 0 radical (unpaired) electrons. The summed E-state index contributed by atoms with van der Waals surface area (Å²) in [6.45, 7) is 2.04. The van der Waals surface area contributed by atoms with Gasteiger partial charge in [0.2, 0.25) is 0 Å². The molecule has 2 aromatic carbocycles. The minimum atomic E-state index is -0.811. The molecule has 0 aromatic heterocycles. The molecule has 2 rings (SSSR count). The summed E-state index contributed by atoms with van der Waals surface area (Å²) in [7, 11) is 0. The third kappa shape index (κ3) is 2.88. The van der Waals surface area contributed by atoms with Crippen LogP contribution in [0.2, 0.25) is 0 Å². The van der Waals surface area contributed by atoms with Gasteiger partial charge in [0.25, 0.3) is 0 Å². The van der Waals surface area contributed by atoms with Gasteiger partial charge >= 0.3 is 5.97 Å². The van der Waals surface area contributed by atoms with Crippen LogP contribution in [0, 0.1) is 0 Å². The zero-order chi connectivity index (χ0) is 13.7. The van der Waals surface area contributed by atoms with Crippen molar-refractivity contribution in [3.05, 3.63) is 48.0 Å². The number of fused-ring (bicyclic) bond motifs is 1. The molecule has 19 heavy (non-hydrogen) atoms. The number of carbonyl (C=O) groups is 1. The quantitative estimate of drug-likeness (QED) is 0.396. The first-order valence-corrected chi connectivity index (χ1v) is 6.01. The van der Waals surface area contributed by atoms with Gasteiger partial charge in [0.05, 0.1) is 6.61 Å². The molecule has 98 valence electrons. The van der Waals surface area contributed by atoms with Gasteiger partial charge in [0.1, 0.15) is 0 Å². The first kappa shape index (κ1) is 13.0. The molecule has 0 fully saturated rings. The molecular formula is C14H15N3O2. The summed E-state index contributed by atoms with van der Waals surface area (Å²) in [5.74, 6) is 4.61. The molecule has 0 bridgehead atoms. The molecule has 2 N–H and O–H groups in total. The molecule has 1 atom stereocenters. The molecule has 0 aliphatic heterocycles. The van der Waals surface area contributed by atoms with E-state index in [1.165, 1.54) is 0 Å². The lowest BCUT2D eigenvalue weighted by Crippen LogP contribution is -2.14. The highest BCUT2D eigenvalue weighted by Crippen LogP contribution is 2.24. The molecule has 1 unspecified atom stereocenters. The number of hydrogen-bond donors (Lipinski definition) is 1. The lowest BCUT2D eigenvalue weighted by atomic mass is 10.0. The van der Waals surface area contributed by atoms with Gasteiger partial charge in [-0.3, -0.25) is 0 Å². The topological polar surface area (TPSA) is 77.0 Å². The molecule has 0 aliphatic carbocycles. The average molecular weight is 257 g/mol. The van der Waals surface area contributed by atoms with Crippen LogP contribution in [0.15, 0.2) is 52.8 Å². The molecule has 2 aromatic rings. The summed E-state index contributed by atoms with van der Waals surface area (Å²) in [4.78, 5) is 11.8. The molecule has 0 saturated carbocycles. The van der Waals surface area contributed by atoms with Crippen LogP contribution in [-0.4, -0.2) is 12.6 Å². The lowest BCUT2D eigenvalue weighted by Gasteiger charge is -2.11. The van der Waals surface area contributed by atoms with Crippen molar-refractivity contribution in [3.8, 4) is 0 Å². The van der Waals surface area contributed by atoms with E-state index in [1.807, 2.05) is 42.5 Å². The van der Waals surface area contributed by atoms with Crippen LogP contribution in [0.3, 0.4) is 0 Å². The van der Waals surface area contributed by atoms with Crippen molar-refractivity contribution in [1.82, 2.24) is 0 Å². The van der Waals surface area contributed by atoms with E-state index in [9.17, 15) is 4.79 Å². The first-order valence-electron chi connectivity index (χ1n) is 6.01. The number of carbonyl (C=O) groups excluding carboxylic acids is 1. The van der Waals surface area contributed by atoms with E-state index < -0.39 is 12.0 Å². The van der Waals surface area contributed by atoms with Crippen LogP contribution in [0.25, 0.3) is 10.8 Å². The van der Waals surface area contributed by atoms with E-state index in [1.54, 1.807) is 6.92 Å². The van der Waals surface area contributed by atoms with Crippen LogP contribution in [0.4, 0.5) is 0 Å². The van der Waals surface area contributed by atoms with Gasteiger partial charge in [0.15, 0.2) is 6.04 Å². The van der Waals surface area contributed by atoms with Crippen molar-refractivity contribution in [1.29, 1.82) is 0 Å². The van der Waals surface area contributed by atoms with Crippen molar-refractivity contribution >= 4 is 16.7 Å². The predicted octanol–water partition coefficient (Wildman–Crippen LogP) is 2.77. The SMILES string of the molecule is CCOC(=O)C(N=NN)c1ccc2ccccc2c1. The van der Waals surface area contributed by atoms with Crippen molar-refractivity contribution < 1.29 is 9.53 Å². The lowest BCUT2D eigenvalue weighted by molar-refractivity contribution is -0.144. The number of ether oxygens (including phenoxy) is 1. The number of esters is 1. The van der Waals surface area contributed by atoms with Gasteiger partial charge in [-0.25, -0.2) is 4.79 Å². The second-order valence-corrected chi connectivity index (χ2v) is 3.99. The summed E-state index contributed by atoms with van der Waals surface area (Å²) in [6.07, 6.45) is 0. The number of benzene rings is 2. The van der Waals surface area contributed by atoms with Crippen LogP contribution in [-0.2, 0) is 9.53 Å². The molecule has 0 saturated heterocycles. The summed E-state index contributed by atoms with van der Waals surface area (Å²) in [6, 6.07) is 12.7. The monoisotopic (exact) mass is 257 g/mol. The van der Waals surface area contributed by atoms with E-state index in [4.69, 9.17) is 10.6 Å². The van der Waals surface area contributed by atoms with Gasteiger partial charge in [-0.2, -0.15) is 5.11 Å². The zero-order valence-corrected chi connectivity index (χ0v) is 10.6. The maximum absolute atomic E-state index is 11.8. The van der Waals surface area contributed by atoms with E-state index in [-0.39, 0.29) is 0 Å². The number of nitrogens with zero attached hydrogens (tertiary/aromatic N) is 2. The van der Waals surface area contributed by atoms with Gasteiger partial charge in [-0.1, -0.05) is 41.6 Å². The molecular weight excluding hydrogens is 242 g/mol. The van der Waals surface area contributed by atoms with Gasteiger partial charge < -0.3 is 10.6 Å². The Morgan fingerprint density at radius 3 is 2.68 bits per heavy atom. The smallest absolute Gasteiger partial charge is 0.337 e. The fraction of sp³-hybridized carbons (Fsp3) is 0.214. The Bertz CT molecular complexity index is 610. The molecule has 0 heterocycles. The minimum Gasteiger partial charge on any atom is -0.464 e. The average Bonchev–Trinajstić information content (AvgIpc) is 2.44. The Balaban J connectivity index is 2.41. The van der Waals surface area contributed by atoms with Crippen LogP contribution in [0.5, 0.6) is 0 Å². The second-order valence-electron chi connectivity index (χ2n) is 3.99. The molecule has 5 heteroatoms. The maximum Gasteiger partial charge on any atom is 0.337 e. The van der Waals surface area contributed by atoms with Gasteiger partial charge in [-0.05, 0) is 29.3 Å². The second kappa shape index (κ2) is 5.95. The highest BCUT2D eigenvalue weighted by atomic mass is 16.5. The third-order valence-corrected chi connectivity index (χ3v) is 2.78. The zero-order valence-electron chi connectivity index (χ0n) is 10.6. The Morgan fingerprint density at radius 1 is 1.26 bits per heavy atom. The van der Waals surface area contributed by atoms with Crippen LogP contribution in [0.1, 0.15) is 18.5 Å². The van der Waals surface area contributed by atoms with Crippen molar-refractivity contribution in [2.75, 3.05) is 6.61 Å². The molecule has 0 spiro atoms. The van der Waals surface area contributed by atoms with Crippen molar-refractivity contribution in [2.45, 2.75) is 13.0 Å². The largest absolute Gasteiger partial charge is 0.464 e. The minimum absolute atomic E-state index is 0.295. The van der Waals surface area contributed by atoms with E-state index >= 15 is 0 Å². The summed E-state index contributed by atoms with van der Waals surface area (Å²) in [5.41, 5.74) is 0.714. The van der Waals surface area contributed by atoms with Crippen LogP contribution < -0.4 is 5.84 Å². The predicted molar refractivity (Wildman–Crippen MR) is 72.4 cm³/mol. The third-order valence-electron chi connectivity index (χ3n) is 2.78.